The van der Waals surface area contributed by atoms with E-state index in [0.717, 1.165) is 36.6 Å². The van der Waals surface area contributed by atoms with Gasteiger partial charge in [0, 0.05) is 36.9 Å². The topological polar surface area (TPSA) is 35.5 Å². The number of benzene rings is 1. The number of aliphatic hydroxyl groups is 1. The largest absolute Gasteiger partial charge is 0.393 e. The minimum atomic E-state index is -0.0761. The highest BCUT2D eigenvalue weighted by molar-refractivity contribution is 6.31. The molecule has 20 heavy (non-hydrogen) atoms. The number of nitrogens with one attached hydrogen (secondary N) is 1. The third-order valence-corrected chi connectivity index (χ3v) is 4.73. The summed E-state index contributed by atoms with van der Waals surface area (Å²) in [6.45, 7) is 1.86. The maximum Gasteiger partial charge on any atom is 0.0546 e. The number of hydrogen-bond donors (Lipinski definition) is 2. The summed E-state index contributed by atoms with van der Waals surface area (Å²) < 4.78 is 0. The van der Waals surface area contributed by atoms with Crippen molar-refractivity contribution >= 4 is 17.3 Å². The van der Waals surface area contributed by atoms with Crippen LogP contribution in [0, 0.1) is 5.92 Å². The maximum atomic E-state index is 9.34. The first-order valence-electron chi connectivity index (χ1n) is 7.53. The molecule has 2 N–H and O–H groups in total. The van der Waals surface area contributed by atoms with Gasteiger partial charge in [-0.3, -0.25) is 0 Å². The Kier molecular flexibility index (Phi) is 4.20. The van der Waals surface area contributed by atoms with E-state index in [9.17, 15) is 5.11 Å². The Morgan fingerprint density at radius 2 is 2.10 bits per heavy atom. The van der Waals surface area contributed by atoms with E-state index in [2.05, 4.69) is 35.5 Å². The number of anilines is 1. The standard InChI is InChI=1S/C16H23ClN2O/c1-19(10-11-6-15(20)7-11)14-5-2-12(16(17)8-14)9-18-13-3-4-13/h2,5,8,11,13,15,18,20H,3-4,6-7,9-10H2,1H3. The predicted molar refractivity (Wildman–Crippen MR) is 83.3 cm³/mol. The quantitative estimate of drug-likeness (QED) is 0.847. The molecular formula is C16H23ClN2O. The van der Waals surface area contributed by atoms with E-state index in [1.54, 1.807) is 0 Å². The minimum Gasteiger partial charge on any atom is -0.393 e. The summed E-state index contributed by atoms with van der Waals surface area (Å²) >= 11 is 6.38. The van der Waals surface area contributed by atoms with Crippen molar-refractivity contribution in [1.29, 1.82) is 0 Å². The second-order valence-corrected chi connectivity index (χ2v) is 6.71. The van der Waals surface area contributed by atoms with Gasteiger partial charge in [-0.05, 0) is 49.3 Å². The molecule has 2 aliphatic rings. The van der Waals surface area contributed by atoms with E-state index < -0.39 is 0 Å². The number of hydrogen-bond acceptors (Lipinski definition) is 3. The molecule has 0 amide bonds. The minimum absolute atomic E-state index is 0.0761. The van der Waals surface area contributed by atoms with Crippen LogP contribution in [0.15, 0.2) is 18.2 Å². The Hall–Kier alpha value is -0.770. The van der Waals surface area contributed by atoms with Crippen molar-refractivity contribution in [2.45, 2.75) is 44.4 Å². The molecule has 110 valence electrons. The SMILES string of the molecule is CN(CC1CC(O)C1)c1ccc(CNC2CC2)c(Cl)c1. The van der Waals surface area contributed by atoms with Crippen molar-refractivity contribution < 1.29 is 5.11 Å². The summed E-state index contributed by atoms with van der Waals surface area (Å²) in [6, 6.07) is 7.03. The lowest BCUT2D eigenvalue weighted by Gasteiger charge is -2.35. The first-order valence-corrected chi connectivity index (χ1v) is 7.90. The molecule has 0 saturated heterocycles. The fourth-order valence-corrected chi connectivity index (χ4v) is 3.04. The van der Waals surface area contributed by atoms with Crippen molar-refractivity contribution in [2.24, 2.45) is 5.92 Å². The van der Waals surface area contributed by atoms with Gasteiger partial charge in [0.1, 0.15) is 0 Å². The first kappa shape index (κ1) is 14.2. The molecule has 4 heteroatoms. The molecule has 0 bridgehead atoms. The van der Waals surface area contributed by atoms with Crippen LogP contribution in [0.2, 0.25) is 5.02 Å². The summed E-state index contributed by atoms with van der Waals surface area (Å²) in [6.07, 6.45) is 4.38. The van der Waals surface area contributed by atoms with E-state index in [4.69, 9.17) is 11.6 Å². The average Bonchev–Trinajstić information content (AvgIpc) is 3.19. The summed E-state index contributed by atoms with van der Waals surface area (Å²) in [5, 5.41) is 13.7. The average molecular weight is 295 g/mol. The number of nitrogens with zero attached hydrogens (tertiary/aromatic N) is 1. The van der Waals surface area contributed by atoms with Crippen molar-refractivity contribution in [3.05, 3.63) is 28.8 Å². The highest BCUT2D eigenvalue weighted by Gasteiger charge is 2.28. The van der Waals surface area contributed by atoms with Crippen LogP contribution in [0.3, 0.4) is 0 Å². The second-order valence-electron chi connectivity index (χ2n) is 6.30. The van der Waals surface area contributed by atoms with Gasteiger partial charge < -0.3 is 15.3 Å². The lowest BCUT2D eigenvalue weighted by molar-refractivity contribution is 0.0465. The van der Waals surface area contributed by atoms with Crippen molar-refractivity contribution in [3.8, 4) is 0 Å². The molecule has 0 atom stereocenters. The number of halogens is 1. The van der Waals surface area contributed by atoms with Gasteiger partial charge in [0.15, 0.2) is 0 Å². The third kappa shape index (κ3) is 3.46. The Balaban J connectivity index is 1.56. The second kappa shape index (κ2) is 5.92. The van der Waals surface area contributed by atoms with Gasteiger partial charge in [0.25, 0.3) is 0 Å². The van der Waals surface area contributed by atoms with Crippen LogP contribution in [0.25, 0.3) is 0 Å². The third-order valence-electron chi connectivity index (χ3n) is 4.38. The van der Waals surface area contributed by atoms with E-state index in [0.29, 0.717) is 12.0 Å². The van der Waals surface area contributed by atoms with Crippen LogP contribution in [0.4, 0.5) is 5.69 Å². The van der Waals surface area contributed by atoms with E-state index >= 15 is 0 Å². The lowest BCUT2D eigenvalue weighted by Crippen LogP contribution is -2.37. The summed E-state index contributed by atoms with van der Waals surface area (Å²) in [4.78, 5) is 2.24. The first-order chi connectivity index (χ1) is 9.61. The van der Waals surface area contributed by atoms with Crippen LogP contribution in [0.5, 0.6) is 0 Å². The van der Waals surface area contributed by atoms with Crippen LogP contribution >= 0.6 is 11.6 Å². The molecule has 2 fully saturated rings. The van der Waals surface area contributed by atoms with Gasteiger partial charge in [0.2, 0.25) is 0 Å². The predicted octanol–water partition coefficient (Wildman–Crippen LogP) is 2.80. The van der Waals surface area contributed by atoms with E-state index in [1.807, 2.05) is 0 Å². The number of rotatable bonds is 6. The molecule has 0 heterocycles. The smallest absolute Gasteiger partial charge is 0.0546 e. The lowest BCUT2D eigenvalue weighted by atomic mass is 9.82. The summed E-state index contributed by atoms with van der Waals surface area (Å²) in [7, 11) is 2.10. The van der Waals surface area contributed by atoms with Gasteiger partial charge in [-0.15, -0.1) is 0 Å². The molecule has 0 radical (unpaired) electrons. The van der Waals surface area contributed by atoms with Gasteiger partial charge in [-0.1, -0.05) is 17.7 Å². The molecule has 1 aromatic rings. The fourth-order valence-electron chi connectivity index (χ4n) is 2.80. The molecule has 3 rings (SSSR count). The van der Waals surface area contributed by atoms with Crippen LogP contribution < -0.4 is 10.2 Å². The molecule has 0 aromatic heterocycles. The Bertz CT molecular complexity index is 470. The Morgan fingerprint density at radius 3 is 2.70 bits per heavy atom. The van der Waals surface area contributed by atoms with E-state index in [1.165, 1.54) is 18.4 Å². The van der Waals surface area contributed by atoms with E-state index in [-0.39, 0.29) is 6.10 Å². The van der Waals surface area contributed by atoms with Gasteiger partial charge in [-0.2, -0.15) is 0 Å². The molecule has 0 aliphatic heterocycles. The maximum absolute atomic E-state index is 9.34. The highest BCUT2D eigenvalue weighted by atomic mass is 35.5. The zero-order valence-electron chi connectivity index (χ0n) is 12.0. The fraction of sp³-hybridized carbons (Fsp3) is 0.625. The van der Waals surface area contributed by atoms with Crippen LogP contribution in [-0.4, -0.2) is 30.8 Å². The molecule has 3 nitrogen and oxygen atoms in total. The van der Waals surface area contributed by atoms with Gasteiger partial charge in [-0.25, -0.2) is 0 Å². The highest BCUT2D eigenvalue weighted by Crippen LogP contribution is 2.30. The summed E-state index contributed by atoms with van der Waals surface area (Å²) in [5.74, 6) is 0.616. The van der Waals surface area contributed by atoms with Crippen molar-refractivity contribution in [2.75, 3.05) is 18.5 Å². The number of aliphatic hydroxyl groups excluding tert-OH is 1. The molecule has 2 saturated carbocycles. The Morgan fingerprint density at radius 1 is 1.35 bits per heavy atom. The molecule has 2 aliphatic carbocycles. The van der Waals surface area contributed by atoms with Gasteiger partial charge in [0.05, 0.1) is 6.10 Å². The van der Waals surface area contributed by atoms with Crippen molar-refractivity contribution in [1.82, 2.24) is 5.32 Å². The Labute approximate surface area is 125 Å². The zero-order chi connectivity index (χ0) is 14.1. The van der Waals surface area contributed by atoms with Gasteiger partial charge >= 0.3 is 0 Å². The normalized spacial score (nSPS) is 25.4. The van der Waals surface area contributed by atoms with Crippen molar-refractivity contribution in [3.63, 3.8) is 0 Å². The van der Waals surface area contributed by atoms with Crippen LogP contribution in [0.1, 0.15) is 31.2 Å². The zero-order valence-corrected chi connectivity index (χ0v) is 12.7. The summed E-state index contributed by atoms with van der Waals surface area (Å²) in [5.41, 5.74) is 2.33. The monoisotopic (exact) mass is 294 g/mol. The molecule has 1 aromatic carbocycles. The van der Waals surface area contributed by atoms with Crippen LogP contribution in [-0.2, 0) is 6.54 Å². The molecule has 0 spiro atoms. The molecular weight excluding hydrogens is 272 g/mol. The molecule has 0 unspecified atom stereocenters.